The summed E-state index contributed by atoms with van der Waals surface area (Å²) in [5.41, 5.74) is 1.16. The van der Waals surface area contributed by atoms with Gasteiger partial charge in [-0.05, 0) is 56.5 Å². The molecule has 0 spiro atoms. The molecule has 0 aromatic heterocycles. The lowest BCUT2D eigenvalue weighted by atomic mass is 10.0. The number of ether oxygens (including phenoxy) is 1. The van der Waals surface area contributed by atoms with Crippen molar-refractivity contribution in [1.82, 2.24) is 10.2 Å². The van der Waals surface area contributed by atoms with Gasteiger partial charge in [-0.3, -0.25) is 0 Å². The number of likely N-dealkylation sites (tertiary alicyclic amines) is 1. The standard InChI is InChI=1S/C16H24N2O2/c1-20-16-10-12(2-5-15(16)19)11-17-13-6-8-18(9-7-13)14-3-4-14/h2,5,10,13-14,17,19H,3-4,6-9,11H2,1H3. The molecule has 1 aromatic rings. The number of piperidine rings is 1. The van der Waals surface area contributed by atoms with Gasteiger partial charge >= 0.3 is 0 Å². The van der Waals surface area contributed by atoms with Crippen molar-refractivity contribution >= 4 is 0 Å². The summed E-state index contributed by atoms with van der Waals surface area (Å²) in [4.78, 5) is 2.64. The Morgan fingerprint density at radius 2 is 2.00 bits per heavy atom. The molecule has 2 aliphatic rings. The van der Waals surface area contributed by atoms with Gasteiger partial charge < -0.3 is 20.1 Å². The van der Waals surface area contributed by atoms with Crippen molar-refractivity contribution in [3.05, 3.63) is 23.8 Å². The van der Waals surface area contributed by atoms with Crippen molar-refractivity contribution in [3.8, 4) is 11.5 Å². The smallest absolute Gasteiger partial charge is 0.160 e. The van der Waals surface area contributed by atoms with E-state index in [2.05, 4.69) is 10.2 Å². The lowest BCUT2D eigenvalue weighted by Crippen LogP contribution is -2.43. The average Bonchev–Trinajstić information content (AvgIpc) is 3.32. The fraction of sp³-hybridized carbons (Fsp3) is 0.625. The lowest BCUT2D eigenvalue weighted by molar-refractivity contribution is 0.189. The summed E-state index contributed by atoms with van der Waals surface area (Å²) >= 11 is 0. The Kier molecular flexibility index (Phi) is 4.13. The van der Waals surface area contributed by atoms with Gasteiger partial charge in [0, 0.05) is 18.6 Å². The summed E-state index contributed by atoms with van der Waals surface area (Å²) in [6.45, 7) is 3.31. The number of hydrogen-bond donors (Lipinski definition) is 2. The molecule has 1 saturated carbocycles. The van der Waals surface area contributed by atoms with Gasteiger partial charge in [0.2, 0.25) is 0 Å². The van der Waals surface area contributed by atoms with E-state index in [4.69, 9.17) is 4.74 Å². The zero-order chi connectivity index (χ0) is 13.9. The van der Waals surface area contributed by atoms with Crippen molar-refractivity contribution < 1.29 is 9.84 Å². The molecule has 0 amide bonds. The highest BCUT2D eigenvalue weighted by Crippen LogP contribution is 2.29. The van der Waals surface area contributed by atoms with E-state index in [0.717, 1.165) is 18.2 Å². The Hall–Kier alpha value is -1.26. The molecule has 0 bridgehead atoms. The van der Waals surface area contributed by atoms with Crippen LogP contribution >= 0.6 is 0 Å². The molecule has 1 aliphatic heterocycles. The second kappa shape index (κ2) is 6.02. The molecule has 0 unspecified atom stereocenters. The number of phenols is 1. The quantitative estimate of drug-likeness (QED) is 0.864. The van der Waals surface area contributed by atoms with E-state index in [1.54, 1.807) is 13.2 Å². The van der Waals surface area contributed by atoms with E-state index in [9.17, 15) is 5.11 Å². The largest absolute Gasteiger partial charge is 0.504 e. The molecule has 1 aliphatic carbocycles. The first-order valence-corrected chi connectivity index (χ1v) is 7.59. The number of aromatic hydroxyl groups is 1. The maximum Gasteiger partial charge on any atom is 0.160 e. The van der Waals surface area contributed by atoms with Crippen molar-refractivity contribution in [2.75, 3.05) is 20.2 Å². The first-order valence-electron chi connectivity index (χ1n) is 7.59. The lowest BCUT2D eigenvalue weighted by Gasteiger charge is -2.32. The molecule has 0 radical (unpaired) electrons. The van der Waals surface area contributed by atoms with Crippen LogP contribution in [0.5, 0.6) is 11.5 Å². The highest BCUT2D eigenvalue weighted by molar-refractivity contribution is 5.41. The molecule has 2 fully saturated rings. The van der Waals surface area contributed by atoms with Gasteiger partial charge in [0.1, 0.15) is 0 Å². The molecular formula is C16H24N2O2. The number of phenolic OH excluding ortho intramolecular Hbond substituents is 1. The minimum absolute atomic E-state index is 0.203. The van der Waals surface area contributed by atoms with Gasteiger partial charge in [-0.15, -0.1) is 0 Å². The zero-order valence-corrected chi connectivity index (χ0v) is 12.1. The molecule has 4 heteroatoms. The van der Waals surface area contributed by atoms with Crippen molar-refractivity contribution in [2.45, 2.75) is 44.3 Å². The number of rotatable bonds is 5. The molecule has 0 atom stereocenters. The summed E-state index contributed by atoms with van der Waals surface area (Å²) in [5, 5.41) is 13.2. The van der Waals surface area contributed by atoms with Gasteiger partial charge in [0.25, 0.3) is 0 Å². The molecule has 20 heavy (non-hydrogen) atoms. The van der Waals surface area contributed by atoms with Crippen LogP contribution in [0.25, 0.3) is 0 Å². The number of methoxy groups -OCH3 is 1. The van der Waals surface area contributed by atoms with Crippen LogP contribution in [0.1, 0.15) is 31.2 Å². The number of benzene rings is 1. The summed E-state index contributed by atoms with van der Waals surface area (Å²) in [7, 11) is 1.58. The van der Waals surface area contributed by atoms with Crippen molar-refractivity contribution in [2.24, 2.45) is 0 Å². The topological polar surface area (TPSA) is 44.7 Å². The summed E-state index contributed by atoms with van der Waals surface area (Å²) in [6, 6.07) is 7.07. The van der Waals surface area contributed by atoms with Crippen molar-refractivity contribution in [3.63, 3.8) is 0 Å². The van der Waals surface area contributed by atoms with Crippen LogP contribution in [-0.4, -0.2) is 42.3 Å². The minimum Gasteiger partial charge on any atom is -0.504 e. The van der Waals surface area contributed by atoms with Crippen LogP contribution in [0.3, 0.4) is 0 Å². The van der Waals surface area contributed by atoms with Crippen LogP contribution < -0.4 is 10.1 Å². The third kappa shape index (κ3) is 3.25. The van der Waals surface area contributed by atoms with E-state index in [-0.39, 0.29) is 5.75 Å². The minimum atomic E-state index is 0.203. The first kappa shape index (κ1) is 13.7. The summed E-state index contributed by atoms with van der Waals surface area (Å²) < 4.78 is 5.14. The van der Waals surface area contributed by atoms with Crippen LogP contribution in [-0.2, 0) is 6.54 Å². The normalized spacial score (nSPS) is 21.1. The maximum absolute atomic E-state index is 9.59. The van der Waals surface area contributed by atoms with E-state index >= 15 is 0 Å². The molecule has 110 valence electrons. The van der Waals surface area contributed by atoms with Gasteiger partial charge in [-0.2, -0.15) is 0 Å². The van der Waals surface area contributed by atoms with Crippen molar-refractivity contribution in [1.29, 1.82) is 0 Å². The summed E-state index contributed by atoms with van der Waals surface area (Å²) in [6.07, 6.45) is 5.30. The Bertz CT molecular complexity index is 452. The molecule has 4 nitrogen and oxygen atoms in total. The van der Waals surface area contributed by atoms with Gasteiger partial charge in [0.15, 0.2) is 11.5 Å². The third-order valence-corrected chi connectivity index (χ3v) is 4.43. The Labute approximate surface area is 120 Å². The van der Waals surface area contributed by atoms with Gasteiger partial charge in [-0.1, -0.05) is 6.07 Å². The predicted molar refractivity (Wildman–Crippen MR) is 79.1 cm³/mol. The van der Waals surface area contributed by atoms with Crippen LogP contribution in [0.2, 0.25) is 0 Å². The van der Waals surface area contributed by atoms with E-state index < -0.39 is 0 Å². The van der Waals surface area contributed by atoms with Crippen LogP contribution in [0.15, 0.2) is 18.2 Å². The Balaban J connectivity index is 1.47. The molecule has 1 saturated heterocycles. The van der Waals surface area contributed by atoms with Crippen LogP contribution in [0.4, 0.5) is 0 Å². The molecule has 3 rings (SSSR count). The zero-order valence-electron chi connectivity index (χ0n) is 12.1. The molecule has 2 N–H and O–H groups in total. The maximum atomic E-state index is 9.59. The second-order valence-electron chi connectivity index (χ2n) is 5.93. The second-order valence-corrected chi connectivity index (χ2v) is 5.93. The predicted octanol–water partition coefficient (Wildman–Crippen LogP) is 2.12. The molecule has 1 heterocycles. The number of nitrogens with zero attached hydrogens (tertiary/aromatic N) is 1. The fourth-order valence-corrected chi connectivity index (χ4v) is 3.00. The summed E-state index contributed by atoms with van der Waals surface area (Å²) in [5.74, 6) is 0.752. The highest BCUT2D eigenvalue weighted by Gasteiger charge is 2.31. The van der Waals surface area contributed by atoms with Crippen LogP contribution in [0, 0.1) is 0 Å². The highest BCUT2D eigenvalue weighted by atomic mass is 16.5. The monoisotopic (exact) mass is 276 g/mol. The number of nitrogens with one attached hydrogen (secondary N) is 1. The van der Waals surface area contributed by atoms with Gasteiger partial charge in [-0.25, -0.2) is 0 Å². The van der Waals surface area contributed by atoms with E-state index in [0.29, 0.717) is 11.8 Å². The molecular weight excluding hydrogens is 252 g/mol. The van der Waals surface area contributed by atoms with E-state index in [1.165, 1.54) is 38.8 Å². The third-order valence-electron chi connectivity index (χ3n) is 4.43. The molecule has 1 aromatic carbocycles. The Morgan fingerprint density at radius 1 is 1.25 bits per heavy atom. The number of hydrogen-bond acceptors (Lipinski definition) is 4. The first-order chi connectivity index (χ1) is 9.76. The SMILES string of the molecule is COc1cc(CNC2CCN(C3CC3)CC2)ccc1O. The van der Waals surface area contributed by atoms with E-state index in [1.807, 2.05) is 12.1 Å². The average molecular weight is 276 g/mol. The fourth-order valence-electron chi connectivity index (χ4n) is 3.00. The Morgan fingerprint density at radius 3 is 2.65 bits per heavy atom. The van der Waals surface area contributed by atoms with Gasteiger partial charge in [0.05, 0.1) is 7.11 Å².